The summed E-state index contributed by atoms with van der Waals surface area (Å²) in [5, 5.41) is 40.7. The number of aliphatic hydroxyl groups is 4. The maximum atomic E-state index is 10.9. The first kappa shape index (κ1) is 73.8. The van der Waals surface area contributed by atoms with Crippen LogP contribution in [0.2, 0.25) is 0 Å². The van der Waals surface area contributed by atoms with Crippen molar-refractivity contribution in [2.45, 2.75) is 243 Å². The van der Waals surface area contributed by atoms with E-state index in [1.54, 1.807) is 13.8 Å². The third-order valence-electron chi connectivity index (χ3n) is 13.4. The van der Waals surface area contributed by atoms with Gasteiger partial charge in [-0.25, -0.2) is 0 Å². The molecule has 4 atom stereocenters. The Balaban J connectivity index is -0.000000766. The molecule has 3 aliphatic heterocycles. The minimum atomic E-state index is -0.145. The van der Waals surface area contributed by atoms with E-state index in [1.165, 1.54) is 90.5 Å². The molecule has 1 aliphatic carbocycles. The van der Waals surface area contributed by atoms with Crippen LogP contribution in [0.3, 0.4) is 0 Å². The maximum absolute atomic E-state index is 10.9. The Hall–Kier alpha value is -1.42. The zero-order valence-electron chi connectivity index (χ0n) is 49.2. The van der Waals surface area contributed by atoms with Crippen molar-refractivity contribution >= 4 is 11.9 Å². The fraction of sp³-hybridized carbons (Fsp3) is 0.966. The molecule has 3 heterocycles. The Morgan fingerprint density at radius 3 is 1.39 bits per heavy atom. The first-order valence-electron chi connectivity index (χ1n) is 29.7. The summed E-state index contributed by atoms with van der Waals surface area (Å²) in [4.78, 5) is 30.2. The van der Waals surface area contributed by atoms with E-state index in [9.17, 15) is 24.9 Å². The lowest BCUT2D eigenvalue weighted by Gasteiger charge is -2.31. The molecule has 0 aromatic heterocycles. The average Bonchev–Trinajstić information content (AvgIpc) is 4.20. The second-order valence-corrected chi connectivity index (χ2v) is 20.5. The number of hydrogen-bond acceptors (Lipinski definition) is 12. The quantitative estimate of drug-likeness (QED) is 0.0523. The highest BCUT2D eigenvalue weighted by atomic mass is 16.5. The van der Waals surface area contributed by atoms with Gasteiger partial charge in [0.05, 0.1) is 44.2 Å². The summed E-state index contributed by atoms with van der Waals surface area (Å²) in [6.07, 6.45) is 22.1. The molecule has 71 heavy (non-hydrogen) atoms. The Bertz CT molecular complexity index is 1090. The molecule has 13 heteroatoms. The van der Waals surface area contributed by atoms with Gasteiger partial charge in [0.15, 0.2) is 0 Å². The van der Waals surface area contributed by atoms with Gasteiger partial charge < -0.3 is 49.9 Å². The van der Waals surface area contributed by atoms with E-state index in [2.05, 4.69) is 73.2 Å². The number of likely N-dealkylation sites (tertiary alicyclic amines) is 2. The molecular weight excluding hydrogens is 895 g/mol. The lowest BCUT2D eigenvalue weighted by atomic mass is 9.99. The number of β-amino-alcohol motifs (C(OH)–C–C–N with tert-alkyl or cyclic N) is 2. The van der Waals surface area contributed by atoms with Crippen molar-refractivity contribution in [2.24, 2.45) is 17.8 Å². The second kappa shape index (κ2) is 53.4. The summed E-state index contributed by atoms with van der Waals surface area (Å²) in [6.45, 7) is 42.4. The number of piperidine rings is 2. The fourth-order valence-electron chi connectivity index (χ4n) is 8.26. The van der Waals surface area contributed by atoms with Gasteiger partial charge in [-0.05, 0) is 148 Å². The molecule has 0 aromatic rings. The van der Waals surface area contributed by atoms with E-state index >= 15 is 0 Å². The molecule has 1 saturated carbocycles. The van der Waals surface area contributed by atoms with Gasteiger partial charge in [-0.1, -0.05) is 114 Å². The number of aliphatic hydroxyl groups excluding tert-OH is 4. The highest BCUT2D eigenvalue weighted by Crippen LogP contribution is 2.34. The Morgan fingerprint density at radius 1 is 0.577 bits per heavy atom. The normalized spacial score (nSPS) is 18.2. The van der Waals surface area contributed by atoms with Gasteiger partial charge in [0, 0.05) is 58.7 Å². The summed E-state index contributed by atoms with van der Waals surface area (Å²) in [5.41, 5.74) is 0. The first-order chi connectivity index (χ1) is 34.1. The van der Waals surface area contributed by atoms with E-state index in [0.717, 1.165) is 141 Å². The molecule has 4 rings (SSSR count). The van der Waals surface area contributed by atoms with E-state index in [-0.39, 0.29) is 36.3 Å². The van der Waals surface area contributed by atoms with Crippen LogP contribution in [0.25, 0.3) is 0 Å². The minimum absolute atomic E-state index is 0.00870. The molecule has 428 valence electrons. The Labute approximate surface area is 440 Å². The summed E-state index contributed by atoms with van der Waals surface area (Å²) in [6, 6.07) is 0. The number of morpholine rings is 1. The van der Waals surface area contributed by atoms with Gasteiger partial charge in [-0.2, -0.15) is 0 Å². The van der Waals surface area contributed by atoms with Crippen molar-refractivity contribution in [3.8, 4) is 0 Å². The molecule has 4 aliphatic rings. The highest BCUT2D eigenvalue weighted by molar-refractivity contribution is 5.75. The molecule has 4 fully saturated rings. The van der Waals surface area contributed by atoms with Crippen LogP contribution in [0.1, 0.15) is 218 Å². The van der Waals surface area contributed by atoms with E-state index in [1.807, 2.05) is 32.6 Å². The number of nitrogens with one attached hydrogen (secondary N) is 1. The lowest BCUT2D eigenvalue weighted by Crippen LogP contribution is -2.40. The van der Waals surface area contributed by atoms with Crippen molar-refractivity contribution in [2.75, 3.05) is 105 Å². The highest BCUT2D eigenvalue weighted by Gasteiger charge is 2.22. The molecule has 13 nitrogen and oxygen atoms in total. The number of unbranched alkanes of at least 4 members (excludes halogenated alkanes) is 1. The van der Waals surface area contributed by atoms with E-state index < -0.39 is 0 Å². The molecule has 0 aromatic carbocycles. The predicted octanol–water partition coefficient (Wildman–Crippen LogP) is 10.2. The number of hydrogen-bond donors (Lipinski definition) is 5. The molecule has 0 spiro atoms. The van der Waals surface area contributed by atoms with Crippen molar-refractivity contribution in [1.29, 1.82) is 0 Å². The number of nitrogens with zero attached hydrogens (tertiary/aromatic N) is 4. The zero-order valence-corrected chi connectivity index (χ0v) is 49.2. The van der Waals surface area contributed by atoms with Crippen molar-refractivity contribution in [3.63, 3.8) is 0 Å². The number of rotatable bonds is 26. The molecule has 0 bridgehead atoms. The molecule has 3 saturated heterocycles. The third kappa shape index (κ3) is 50.5. The summed E-state index contributed by atoms with van der Waals surface area (Å²) < 4.78 is 9.77. The van der Waals surface area contributed by atoms with Crippen molar-refractivity contribution in [1.82, 2.24) is 24.9 Å². The number of esters is 1. The van der Waals surface area contributed by atoms with Crippen LogP contribution in [0.15, 0.2) is 0 Å². The fourth-order valence-corrected chi connectivity index (χ4v) is 8.26. The zero-order chi connectivity index (χ0) is 54.1. The largest absolute Gasteiger partial charge is 0.466 e. The SMILES string of the molecule is CCC(=O)N(CC)CC.CCCC(O)CCC1CC1.CCCC(O)CN1CCC(C)CC1.CCCC(O)CN1CCOCC1.CCCC(O)CNCC.CCCCN1CCC(C)CC1.CCOC(=O)CC. The molecule has 0 radical (unpaired) electrons. The van der Waals surface area contributed by atoms with Gasteiger partial charge >= 0.3 is 5.97 Å². The molecule has 1 amide bonds. The van der Waals surface area contributed by atoms with Crippen LogP contribution in [-0.2, 0) is 19.1 Å². The van der Waals surface area contributed by atoms with Crippen LogP contribution in [-0.4, -0.2) is 181 Å². The lowest BCUT2D eigenvalue weighted by molar-refractivity contribution is -0.142. The monoisotopic (exact) mass is 1020 g/mol. The summed E-state index contributed by atoms with van der Waals surface area (Å²) in [7, 11) is 0. The van der Waals surface area contributed by atoms with Crippen molar-refractivity contribution in [3.05, 3.63) is 0 Å². The van der Waals surface area contributed by atoms with Crippen molar-refractivity contribution < 1.29 is 39.5 Å². The molecular formula is C58H123N5O8. The van der Waals surface area contributed by atoms with Crippen LogP contribution in [0, 0.1) is 17.8 Å². The number of amides is 1. The van der Waals surface area contributed by atoms with Gasteiger partial charge in [-0.15, -0.1) is 0 Å². The standard InChI is InChI=1S/C11H23NO.C10H21N.C9H19NO2.C9H18O.C7H15NO.C7H17NO.C5H10O2/c1-3-4-11(13)9-12-7-5-10(2)6-8-12;1-3-4-7-11-8-5-10(2)6-9-11;1-2-3-9(11)8-10-4-6-12-7-5-10;1-2-3-9(10)7-6-8-4-5-8;1-4-7(9)8(5-2)6-3;1-3-5-7(9)6-8-4-2;1-3-5(6)7-4-2/h10-11,13H,3-9H2,1-2H3;10H,3-9H2,1-2H3;9,11H,2-8H2,1H3;8-10H,2-7H2,1H3;4-6H2,1-3H3;7-9H,3-6H2,1-2H3;3-4H2,1-2H3. The summed E-state index contributed by atoms with van der Waals surface area (Å²) >= 11 is 0. The van der Waals surface area contributed by atoms with Gasteiger partial charge in [-0.3, -0.25) is 14.5 Å². The van der Waals surface area contributed by atoms with Crippen LogP contribution < -0.4 is 5.32 Å². The van der Waals surface area contributed by atoms with Crippen LogP contribution >= 0.6 is 0 Å². The smallest absolute Gasteiger partial charge is 0.305 e. The maximum Gasteiger partial charge on any atom is 0.305 e. The van der Waals surface area contributed by atoms with Crippen LogP contribution in [0.4, 0.5) is 0 Å². The third-order valence-corrected chi connectivity index (χ3v) is 13.4. The van der Waals surface area contributed by atoms with Crippen LogP contribution in [0.5, 0.6) is 0 Å². The Kier molecular flexibility index (Phi) is 55.5. The van der Waals surface area contributed by atoms with Gasteiger partial charge in [0.1, 0.15) is 0 Å². The number of ether oxygens (including phenoxy) is 2. The topological polar surface area (TPSA) is 159 Å². The van der Waals surface area contributed by atoms with Gasteiger partial charge in [0.25, 0.3) is 0 Å². The second-order valence-electron chi connectivity index (χ2n) is 20.5. The number of carbonyl (C=O) groups excluding carboxylic acids is 2. The predicted molar refractivity (Wildman–Crippen MR) is 301 cm³/mol. The summed E-state index contributed by atoms with van der Waals surface area (Å²) in [5.74, 6) is 2.97. The van der Waals surface area contributed by atoms with E-state index in [4.69, 9.17) is 9.84 Å². The van der Waals surface area contributed by atoms with E-state index in [0.29, 0.717) is 19.4 Å². The average molecular weight is 1020 g/mol. The molecule has 5 N–H and O–H groups in total. The minimum Gasteiger partial charge on any atom is -0.466 e. The number of likely N-dealkylation sites (N-methyl/N-ethyl adjacent to an activating group) is 1. The number of carbonyl (C=O) groups is 2. The Morgan fingerprint density at radius 2 is 1.03 bits per heavy atom. The first-order valence-corrected chi connectivity index (χ1v) is 29.7. The van der Waals surface area contributed by atoms with Gasteiger partial charge in [0.2, 0.25) is 5.91 Å². The molecule has 4 unspecified atom stereocenters.